The number of fused-ring (bicyclic) bond motifs is 3. The van der Waals surface area contributed by atoms with Crippen molar-refractivity contribution in [3.8, 4) is 0 Å². The molecule has 3 rings (SSSR count). The first kappa shape index (κ1) is 20.5. The summed E-state index contributed by atoms with van der Waals surface area (Å²) in [6.07, 6.45) is 6.67. The first-order valence-corrected chi connectivity index (χ1v) is 10.9. The molecule has 0 saturated heterocycles. The highest BCUT2D eigenvalue weighted by atomic mass is 32.1. The van der Waals surface area contributed by atoms with Gasteiger partial charge in [-0.15, -0.1) is 11.3 Å². The number of rotatable bonds is 10. The lowest BCUT2D eigenvalue weighted by molar-refractivity contribution is 0.0917. The molecule has 0 spiro atoms. The fourth-order valence-corrected chi connectivity index (χ4v) is 5.17. The number of H-pyrrole nitrogens is 1. The van der Waals surface area contributed by atoms with E-state index in [1.54, 1.807) is 18.4 Å². The highest BCUT2D eigenvalue weighted by molar-refractivity contribution is 7.18. The molecule has 1 aliphatic carbocycles. The Labute approximate surface area is 164 Å². The Kier molecular flexibility index (Phi) is 7.41. The number of aliphatic hydroxyl groups is 1. The van der Waals surface area contributed by atoms with Gasteiger partial charge in [0, 0.05) is 31.7 Å². The minimum atomic E-state index is -0.359. The summed E-state index contributed by atoms with van der Waals surface area (Å²) < 4.78 is 5.16. The molecule has 27 heavy (non-hydrogen) atoms. The Morgan fingerprint density at radius 1 is 1.37 bits per heavy atom. The Balaban J connectivity index is 1.79. The van der Waals surface area contributed by atoms with Crippen LogP contribution in [0.1, 0.15) is 55.3 Å². The Morgan fingerprint density at radius 3 is 2.96 bits per heavy atom. The van der Waals surface area contributed by atoms with Gasteiger partial charge in [-0.3, -0.25) is 9.69 Å². The number of nitrogens with zero attached hydrogens (tertiary/aromatic N) is 2. The molecule has 6 nitrogen and oxygen atoms in total. The summed E-state index contributed by atoms with van der Waals surface area (Å²) in [5, 5.41) is 11.0. The summed E-state index contributed by atoms with van der Waals surface area (Å²) in [6.45, 7) is 4.68. The van der Waals surface area contributed by atoms with E-state index in [0.29, 0.717) is 25.5 Å². The van der Waals surface area contributed by atoms with Crippen LogP contribution in [0.2, 0.25) is 0 Å². The molecule has 0 aromatic carbocycles. The van der Waals surface area contributed by atoms with Gasteiger partial charge in [0.05, 0.1) is 18.0 Å². The zero-order valence-corrected chi connectivity index (χ0v) is 17.2. The van der Waals surface area contributed by atoms with Crippen LogP contribution >= 0.6 is 11.3 Å². The van der Waals surface area contributed by atoms with Crippen molar-refractivity contribution in [2.75, 3.05) is 26.8 Å². The molecule has 0 aliphatic heterocycles. The second-order valence-corrected chi connectivity index (χ2v) is 8.51. The molecule has 0 saturated carbocycles. The van der Waals surface area contributed by atoms with Gasteiger partial charge in [0.15, 0.2) is 0 Å². The molecular formula is C20H31N3O3S. The van der Waals surface area contributed by atoms with E-state index >= 15 is 0 Å². The van der Waals surface area contributed by atoms with Gasteiger partial charge in [-0.1, -0.05) is 13.3 Å². The number of aromatic nitrogens is 2. The first-order valence-electron chi connectivity index (χ1n) is 10.0. The topological polar surface area (TPSA) is 78.5 Å². The molecule has 0 bridgehead atoms. The zero-order chi connectivity index (χ0) is 19.2. The number of methoxy groups -OCH3 is 1. The zero-order valence-electron chi connectivity index (χ0n) is 16.4. The molecule has 2 aromatic heterocycles. The Morgan fingerprint density at radius 2 is 2.19 bits per heavy atom. The molecule has 2 aromatic rings. The molecule has 0 unspecified atom stereocenters. The number of thiophene rings is 1. The smallest absolute Gasteiger partial charge is 0.259 e. The average molecular weight is 394 g/mol. The lowest BCUT2D eigenvalue weighted by Crippen LogP contribution is -2.34. The number of ether oxygens (including phenoxy) is 1. The van der Waals surface area contributed by atoms with E-state index in [-0.39, 0.29) is 11.7 Å². The maximum Gasteiger partial charge on any atom is 0.259 e. The molecule has 7 heteroatoms. The summed E-state index contributed by atoms with van der Waals surface area (Å²) in [4.78, 5) is 24.9. The van der Waals surface area contributed by atoms with Crippen LogP contribution in [0.4, 0.5) is 0 Å². The number of nitrogens with one attached hydrogen (secondary N) is 1. The van der Waals surface area contributed by atoms with Gasteiger partial charge >= 0.3 is 0 Å². The van der Waals surface area contributed by atoms with Crippen LogP contribution in [0.5, 0.6) is 0 Å². The lowest BCUT2D eigenvalue weighted by atomic mass is 9.97. The molecule has 0 fully saturated rings. The van der Waals surface area contributed by atoms with Crippen molar-refractivity contribution in [2.24, 2.45) is 0 Å². The van der Waals surface area contributed by atoms with Gasteiger partial charge in [-0.2, -0.15) is 0 Å². The third kappa shape index (κ3) is 5.16. The van der Waals surface area contributed by atoms with Crippen molar-refractivity contribution in [3.63, 3.8) is 0 Å². The van der Waals surface area contributed by atoms with Gasteiger partial charge < -0.3 is 14.8 Å². The lowest BCUT2D eigenvalue weighted by Gasteiger charge is -2.24. The van der Waals surface area contributed by atoms with Gasteiger partial charge in [-0.05, 0) is 44.1 Å². The maximum absolute atomic E-state index is 12.7. The van der Waals surface area contributed by atoms with Crippen molar-refractivity contribution < 1.29 is 9.84 Å². The highest BCUT2D eigenvalue weighted by Crippen LogP contribution is 2.33. The minimum absolute atomic E-state index is 0.0136. The van der Waals surface area contributed by atoms with E-state index < -0.39 is 0 Å². The fourth-order valence-electron chi connectivity index (χ4n) is 3.89. The summed E-state index contributed by atoms with van der Waals surface area (Å²) >= 11 is 1.68. The predicted molar refractivity (Wildman–Crippen MR) is 110 cm³/mol. The molecule has 150 valence electrons. The minimum Gasteiger partial charge on any atom is -0.392 e. The van der Waals surface area contributed by atoms with Crippen molar-refractivity contribution in [3.05, 3.63) is 26.6 Å². The molecular weight excluding hydrogens is 362 g/mol. The number of aromatic amines is 1. The highest BCUT2D eigenvalue weighted by Gasteiger charge is 2.20. The van der Waals surface area contributed by atoms with Crippen LogP contribution in [0.25, 0.3) is 10.2 Å². The summed E-state index contributed by atoms with van der Waals surface area (Å²) in [6, 6.07) is 0. The SMILES string of the molecule is CCC[C@H](O)CN(CCCOC)Cc1nc2sc3c(c2c(=O)[nH]1)CCCC3. The van der Waals surface area contributed by atoms with Crippen LogP contribution in [-0.2, 0) is 24.1 Å². The van der Waals surface area contributed by atoms with Crippen LogP contribution in [0.15, 0.2) is 4.79 Å². The molecule has 1 atom stereocenters. The van der Waals surface area contributed by atoms with Crippen LogP contribution < -0.4 is 5.56 Å². The molecule has 2 N–H and O–H groups in total. The predicted octanol–water partition coefficient (Wildman–Crippen LogP) is 2.86. The largest absolute Gasteiger partial charge is 0.392 e. The number of aryl methyl sites for hydroxylation is 2. The third-order valence-electron chi connectivity index (χ3n) is 5.16. The van der Waals surface area contributed by atoms with Crippen LogP contribution in [-0.4, -0.2) is 52.9 Å². The van der Waals surface area contributed by atoms with E-state index in [1.807, 2.05) is 0 Å². The second kappa shape index (κ2) is 9.78. The van der Waals surface area contributed by atoms with Crippen LogP contribution in [0, 0.1) is 0 Å². The summed E-state index contributed by atoms with van der Waals surface area (Å²) in [5.41, 5.74) is 1.21. The summed E-state index contributed by atoms with van der Waals surface area (Å²) in [7, 11) is 1.70. The quantitative estimate of drug-likeness (QED) is 0.607. The van der Waals surface area contributed by atoms with E-state index in [4.69, 9.17) is 9.72 Å². The first-order chi connectivity index (χ1) is 13.1. The van der Waals surface area contributed by atoms with E-state index in [2.05, 4.69) is 16.8 Å². The Bertz CT molecular complexity index is 802. The number of hydrogen-bond acceptors (Lipinski definition) is 6. The van der Waals surface area contributed by atoms with Crippen molar-refractivity contribution in [1.29, 1.82) is 0 Å². The molecule has 0 amide bonds. The summed E-state index contributed by atoms with van der Waals surface area (Å²) in [5.74, 6) is 0.687. The van der Waals surface area contributed by atoms with Crippen molar-refractivity contribution in [2.45, 2.75) is 64.5 Å². The van der Waals surface area contributed by atoms with E-state index in [1.165, 1.54) is 16.9 Å². The molecule has 1 aliphatic rings. The number of aliphatic hydroxyl groups excluding tert-OH is 1. The third-order valence-corrected chi connectivity index (χ3v) is 6.35. The Hall–Kier alpha value is -1.28. The second-order valence-electron chi connectivity index (χ2n) is 7.43. The van der Waals surface area contributed by atoms with Gasteiger partial charge in [0.25, 0.3) is 5.56 Å². The maximum atomic E-state index is 12.7. The fraction of sp³-hybridized carbons (Fsp3) is 0.700. The van der Waals surface area contributed by atoms with E-state index in [0.717, 1.165) is 55.3 Å². The van der Waals surface area contributed by atoms with E-state index in [9.17, 15) is 9.90 Å². The normalized spacial score (nSPS) is 15.4. The molecule has 2 heterocycles. The standard InChI is InChI=1S/C20H31N3O3S/c1-3-7-14(24)12-23(10-6-11-26-2)13-17-21-19(25)18-15-8-4-5-9-16(15)27-20(18)22-17/h14,24H,3-13H2,1-2H3,(H,21,22,25)/t14-/m0/s1. The van der Waals surface area contributed by atoms with Crippen molar-refractivity contribution >= 4 is 21.6 Å². The van der Waals surface area contributed by atoms with Gasteiger partial charge in [0.1, 0.15) is 10.7 Å². The van der Waals surface area contributed by atoms with Crippen LogP contribution in [0.3, 0.4) is 0 Å². The van der Waals surface area contributed by atoms with Crippen molar-refractivity contribution in [1.82, 2.24) is 14.9 Å². The monoisotopic (exact) mass is 393 g/mol. The van der Waals surface area contributed by atoms with Gasteiger partial charge in [0.2, 0.25) is 0 Å². The number of hydrogen-bond donors (Lipinski definition) is 2. The molecule has 0 radical (unpaired) electrons. The average Bonchev–Trinajstić information content (AvgIpc) is 3.00. The van der Waals surface area contributed by atoms with Gasteiger partial charge in [-0.25, -0.2) is 4.98 Å².